The molecule has 0 bridgehead atoms. The van der Waals surface area contributed by atoms with Gasteiger partial charge in [0.2, 0.25) is 11.8 Å². The van der Waals surface area contributed by atoms with Crippen molar-refractivity contribution in [2.24, 2.45) is 17.0 Å². The zero-order valence-corrected chi connectivity index (χ0v) is 38.5. The number of anilines is 2. The molecule has 4 amide bonds. The van der Waals surface area contributed by atoms with Crippen molar-refractivity contribution in [2.45, 2.75) is 38.0 Å². The van der Waals surface area contributed by atoms with Crippen LogP contribution in [0.25, 0.3) is 0 Å². The van der Waals surface area contributed by atoms with Gasteiger partial charge in [0.25, 0.3) is 11.8 Å². The van der Waals surface area contributed by atoms with Gasteiger partial charge in [-0.2, -0.15) is 5.10 Å². The van der Waals surface area contributed by atoms with Gasteiger partial charge in [0.05, 0.1) is 66.5 Å². The molecule has 13 N–H and O–H groups in total. The number of Topliss-reactive ketones (excluding diaryl/α,β-unsaturated/α-hetero) is 1. The smallest absolute Gasteiger partial charge is 0.305 e. The fourth-order valence-electron chi connectivity index (χ4n) is 6.36. The van der Waals surface area contributed by atoms with Crippen LogP contribution in [-0.4, -0.2) is 128 Å². The van der Waals surface area contributed by atoms with Crippen LogP contribution in [0.2, 0.25) is 20.1 Å². The number of aromatic nitrogens is 3. The maximum Gasteiger partial charge on any atom is 0.305 e. The molecule has 67 heavy (non-hydrogen) atoms. The van der Waals surface area contributed by atoms with E-state index in [1.165, 1.54) is 37.3 Å². The van der Waals surface area contributed by atoms with Crippen LogP contribution in [-0.2, 0) is 26.2 Å². The number of aliphatic hydroxyl groups excluding tert-OH is 1. The van der Waals surface area contributed by atoms with Crippen LogP contribution in [0.5, 0.6) is 11.5 Å². The van der Waals surface area contributed by atoms with Crippen molar-refractivity contribution in [3.8, 4) is 11.5 Å². The van der Waals surface area contributed by atoms with Crippen LogP contribution in [0.1, 0.15) is 64.0 Å². The number of halogens is 4. The third-order valence-electron chi connectivity index (χ3n) is 9.43. The number of amides is 4. The van der Waals surface area contributed by atoms with Gasteiger partial charge < -0.3 is 67.5 Å². The first-order valence-electron chi connectivity index (χ1n) is 20.0. The van der Waals surface area contributed by atoms with Crippen LogP contribution in [0.15, 0.2) is 52.6 Å². The second kappa shape index (κ2) is 23.6. The van der Waals surface area contributed by atoms with E-state index in [0.717, 1.165) is 6.54 Å². The highest BCUT2D eigenvalue weighted by molar-refractivity contribution is 6.36. The highest BCUT2D eigenvalue weighted by Crippen LogP contribution is 2.37. The number of rotatable bonds is 16. The lowest BCUT2D eigenvalue weighted by atomic mass is 10.0. The van der Waals surface area contributed by atoms with Crippen LogP contribution >= 0.6 is 46.4 Å². The summed E-state index contributed by atoms with van der Waals surface area (Å²) < 4.78 is 1.55. The average molecular weight is 1010 g/mol. The number of guanidine groups is 2. The van der Waals surface area contributed by atoms with Crippen molar-refractivity contribution in [3.63, 3.8) is 0 Å². The highest BCUT2D eigenvalue weighted by atomic mass is 35.5. The Morgan fingerprint density at radius 3 is 1.91 bits per heavy atom. The van der Waals surface area contributed by atoms with Crippen LogP contribution in [0.4, 0.5) is 11.5 Å². The normalized spacial score (nSPS) is 14.9. The molecule has 0 saturated carbocycles. The Bertz CT molecular complexity index is 2580. The third-order valence-corrected chi connectivity index (χ3v) is 10.4. The molecule has 4 aromatic rings. The number of aliphatic hydroxyl groups is 1. The number of carbonyl (C=O) groups is 6. The topological polar surface area (TPSA) is 338 Å². The summed E-state index contributed by atoms with van der Waals surface area (Å²) in [5, 5.41) is 67.8. The fraction of sp³-hybridized carbons (Fsp3) is 0.325. The van der Waals surface area contributed by atoms with E-state index in [4.69, 9.17) is 46.4 Å². The van der Waals surface area contributed by atoms with Crippen molar-refractivity contribution < 1.29 is 49.2 Å². The molecule has 27 heteroatoms. The Kier molecular flexibility index (Phi) is 18.0. The molecule has 0 spiro atoms. The molecule has 358 valence electrons. The standard InChI is InChI=1S/C21H24Cl2N6O6.C19H21Cl2N7O4/c1-29-9-11(27-21-25-6-12(30)7-26-21)4-16(29)20(35)24-8-17(31)28-15(5-18(32)33)13-2-10(22)3-14(23)19(13)34;1-9(29)4-13(11-5-10(20)6-12(21)17(11)31)25-16(30)8-24-18(32)14-7-15(28-27-14)26-19-22-2-3-23-19/h2-4,9,12,15,30,34H,5-8H2,1H3,(H,24,35)(H,28,31)(H,32,33)(H2,25,26,27);5-7,13,31H,2-4,8H2,1H3,(H,24,32)(H,25,30)(H3,22,23,26,27,28)/t15-;/m0./s1. The van der Waals surface area contributed by atoms with Gasteiger partial charge in [-0.15, -0.1) is 0 Å². The summed E-state index contributed by atoms with van der Waals surface area (Å²) in [6.07, 6.45) is 0.445. The Hall–Kier alpha value is -6.79. The Morgan fingerprint density at radius 2 is 1.37 bits per heavy atom. The molecular weight excluding hydrogens is 964 g/mol. The van der Waals surface area contributed by atoms with E-state index in [9.17, 15) is 49.2 Å². The summed E-state index contributed by atoms with van der Waals surface area (Å²) >= 11 is 23.8. The molecule has 2 aromatic heterocycles. The third kappa shape index (κ3) is 15.1. The average Bonchev–Trinajstić information content (AvgIpc) is 4.04. The van der Waals surface area contributed by atoms with E-state index < -0.39 is 66.5 Å². The number of β-amino-alcohol motifs (C(OH)–C–C–N with tert-alkyl or cyclic N) is 1. The summed E-state index contributed by atoms with van der Waals surface area (Å²) in [4.78, 5) is 81.1. The first-order valence-corrected chi connectivity index (χ1v) is 21.5. The second-order valence-electron chi connectivity index (χ2n) is 14.8. The van der Waals surface area contributed by atoms with Gasteiger partial charge in [0.1, 0.15) is 28.7 Å². The van der Waals surface area contributed by atoms with Gasteiger partial charge in [0.15, 0.2) is 17.7 Å². The van der Waals surface area contributed by atoms with E-state index in [1.54, 1.807) is 23.9 Å². The summed E-state index contributed by atoms with van der Waals surface area (Å²) in [6.45, 7) is 2.50. The number of aromatic hydroxyl groups is 2. The van der Waals surface area contributed by atoms with Crippen molar-refractivity contribution in [3.05, 3.63) is 85.2 Å². The summed E-state index contributed by atoms with van der Waals surface area (Å²) in [7, 11) is 1.65. The molecule has 0 fully saturated rings. The number of aromatic amines is 1. The summed E-state index contributed by atoms with van der Waals surface area (Å²) in [6, 6.07) is 6.36. The number of aliphatic imine (C=N–C) groups is 2. The lowest BCUT2D eigenvalue weighted by Gasteiger charge is -2.20. The highest BCUT2D eigenvalue weighted by Gasteiger charge is 2.25. The largest absolute Gasteiger partial charge is 0.506 e. The maximum atomic E-state index is 12.6. The van der Waals surface area contributed by atoms with Crippen LogP contribution < -0.4 is 42.5 Å². The van der Waals surface area contributed by atoms with E-state index in [-0.39, 0.29) is 73.6 Å². The molecule has 6 rings (SSSR count). The Morgan fingerprint density at radius 1 is 0.791 bits per heavy atom. The number of carbonyl (C=O) groups excluding carboxylic acids is 5. The van der Waals surface area contributed by atoms with Gasteiger partial charge in [-0.05, 0) is 37.3 Å². The Balaban J connectivity index is 0.000000252. The van der Waals surface area contributed by atoms with Crippen molar-refractivity contribution in [1.82, 2.24) is 46.7 Å². The van der Waals surface area contributed by atoms with Crippen molar-refractivity contribution in [2.75, 3.05) is 49.9 Å². The van der Waals surface area contributed by atoms with Crippen LogP contribution in [0, 0.1) is 0 Å². The number of phenols is 2. The fourth-order valence-corrected chi connectivity index (χ4v) is 7.37. The quantitative estimate of drug-likeness (QED) is 0.0765. The molecule has 2 unspecified atom stereocenters. The molecule has 4 heterocycles. The number of ketones is 1. The number of hydrogen-bond acceptors (Lipinski definition) is 16. The molecule has 2 aliphatic rings. The monoisotopic (exact) mass is 1010 g/mol. The summed E-state index contributed by atoms with van der Waals surface area (Å²) in [5.41, 5.74) is 1.19. The second-order valence-corrected chi connectivity index (χ2v) is 16.5. The Labute approximate surface area is 401 Å². The van der Waals surface area contributed by atoms with Gasteiger partial charge in [0, 0.05) is 60.0 Å². The molecule has 23 nitrogen and oxygen atoms in total. The molecule has 2 aliphatic heterocycles. The predicted molar refractivity (Wildman–Crippen MR) is 248 cm³/mol. The van der Waals surface area contributed by atoms with E-state index >= 15 is 0 Å². The molecule has 0 aliphatic carbocycles. The number of hydrogen-bond donors (Lipinski definition) is 13. The molecule has 3 atom stereocenters. The maximum absolute atomic E-state index is 12.6. The number of H-pyrrole nitrogens is 1. The van der Waals surface area contributed by atoms with Crippen LogP contribution in [0.3, 0.4) is 0 Å². The van der Waals surface area contributed by atoms with Crippen molar-refractivity contribution >= 4 is 105 Å². The SMILES string of the molecule is CC(=O)CC(NC(=O)CNC(=O)c1cc(NC2=NCCN2)n[nH]1)c1cc(Cl)cc(Cl)c1O.Cn1cc(NC2=NCC(O)CN2)cc1C(=O)NCC(=O)N[C@@H](CC(=O)O)c1cc(Cl)cc(Cl)c1O. The van der Waals surface area contributed by atoms with E-state index in [1.807, 2.05) is 0 Å². The number of benzene rings is 2. The number of nitrogens with one attached hydrogen (secondary N) is 9. The molecule has 0 radical (unpaired) electrons. The minimum Gasteiger partial charge on any atom is -0.506 e. The zero-order chi connectivity index (χ0) is 48.9. The number of carboxylic acids is 1. The minimum atomic E-state index is -1.23. The molecular formula is C40H45Cl4N13O10. The first kappa shape index (κ1) is 51.2. The predicted octanol–water partition coefficient (Wildman–Crippen LogP) is 2.19. The van der Waals surface area contributed by atoms with E-state index in [0.29, 0.717) is 36.5 Å². The number of carboxylic acid groups (broad SMARTS) is 1. The number of phenolic OH excluding ortho intramolecular Hbond substituents is 2. The van der Waals surface area contributed by atoms with Gasteiger partial charge in [-0.3, -0.25) is 43.9 Å². The minimum absolute atomic E-state index is 0.00831. The molecule has 0 saturated heterocycles. The number of nitrogens with zero attached hydrogens (tertiary/aromatic N) is 4. The number of aliphatic carboxylic acids is 1. The van der Waals surface area contributed by atoms with Gasteiger partial charge in [-0.25, -0.2) is 0 Å². The van der Waals surface area contributed by atoms with Gasteiger partial charge >= 0.3 is 5.97 Å². The van der Waals surface area contributed by atoms with E-state index in [2.05, 4.69) is 62.7 Å². The first-order chi connectivity index (χ1) is 31.8. The number of aryl methyl sites for hydroxylation is 1. The summed E-state index contributed by atoms with van der Waals surface area (Å²) in [5.74, 6) is -3.11. The lowest BCUT2D eigenvalue weighted by molar-refractivity contribution is -0.138. The molecule has 2 aromatic carbocycles. The van der Waals surface area contributed by atoms with Crippen molar-refractivity contribution in [1.29, 1.82) is 0 Å². The van der Waals surface area contributed by atoms with Gasteiger partial charge in [-0.1, -0.05) is 46.4 Å². The lowest BCUT2D eigenvalue weighted by Crippen LogP contribution is -2.42. The zero-order valence-electron chi connectivity index (χ0n) is 35.5.